The Labute approximate surface area is 120 Å². The van der Waals surface area contributed by atoms with E-state index in [2.05, 4.69) is 24.3 Å². The van der Waals surface area contributed by atoms with Crippen molar-refractivity contribution in [2.75, 3.05) is 26.7 Å². The number of nitrogen functional groups attached to an aromatic ring is 1. The van der Waals surface area contributed by atoms with Gasteiger partial charge in [0, 0.05) is 13.1 Å². The molecular weight excluding hydrogens is 254 g/mol. The van der Waals surface area contributed by atoms with Crippen LogP contribution in [0.5, 0.6) is 5.75 Å². The Morgan fingerprint density at radius 1 is 1.50 bits per heavy atom. The van der Waals surface area contributed by atoms with Gasteiger partial charge in [-0.15, -0.1) is 0 Å². The summed E-state index contributed by atoms with van der Waals surface area (Å²) in [5, 5.41) is 0. The highest BCUT2D eigenvalue weighted by atomic mass is 16.5. The van der Waals surface area contributed by atoms with Crippen LogP contribution >= 0.6 is 0 Å². The zero-order valence-corrected chi connectivity index (χ0v) is 12.1. The molecule has 0 heterocycles. The molecule has 5 heteroatoms. The fourth-order valence-corrected chi connectivity index (χ4v) is 2.31. The predicted octanol–water partition coefficient (Wildman–Crippen LogP) is 1.26. The first-order valence-electron chi connectivity index (χ1n) is 7.03. The van der Waals surface area contributed by atoms with Gasteiger partial charge in [-0.05, 0) is 37.4 Å². The molecular formula is C15H23N3O2. The fraction of sp³-hybridized carbons (Fsp3) is 0.533. The van der Waals surface area contributed by atoms with Crippen LogP contribution in [0, 0.1) is 11.8 Å². The lowest BCUT2D eigenvalue weighted by molar-refractivity contribution is 0.0949. The highest BCUT2D eigenvalue weighted by Gasteiger charge is 2.32. The van der Waals surface area contributed by atoms with Crippen molar-refractivity contribution in [3.05, 3.63) is 29.8 Å². The number of nitrogens with zero attached hydrogens (tertiary/aromatic N) is 1. The van der Waals surface area contributed by atoms with Crippen LogP contribution in [0.4, 0.5) is 0 Å². The maximum Gasteiger partial charge on any atom is 0.268 e. The number of carbonyl (C=O) groups excluding carboxylic acids is 1. The number of hydrogen-bond donors (Lipinski definition) is 2. The van der Waals surface area contributed by atoms with Gasteiger partial charge in [0.1, 0.15) is 12.4 Å². The minimum atomic E-state index is -0.333. The topological polar surface area (TPSA) is 67.6 Å². The molecule has 1 aromatic rings. The van der Waals surface area contributed by atoms with Gasteiger partial charge >= 0.3 is 0 Å². The third kappa shape index (κ3) is 3.95. The normalized spacial score (nSPS) is 20.8. The highest BCUT2D eigenvalue weighted by molar-refractivity contribution is 5.96. The second-order valence-corrected chi connectivity index (χ2v) is 5.55. The molecule has 3 N–H and O–H groups in total. The van der Waals surface area contributed by atoms with Gasteiger partial charge in [-0.1, -0.05) is 19.1 Å². The summed E-state index contributed by atoms with van der Waals surface area (Å²) in [6.07, 6.45) is 1.34. The van der Waals surface area contributed by atoms with Gasteiger partial charge in [0.05, 0.1) is 5.56 Å². The standard InChI is InChI=1S/C15H23N3O2/c1-11-9-12(11)10-18(2)7-8-20-14-6-4-3-5-13(14)15(19)17-16/h3-6,11-12H,7-10,16H2,1-2H3,(H,17,19). The summed E-state index contributed by atoms with van der Waals surface area (Å²) in [5.74, 6) is 7.11. The van der Waals surface area contributed by atoms with E-state index >= 15 is 0 Å². The maximum atomic E-state index is 11.6. The van der Waals surface area contributed by atoms with E-state index in [9.17, 15) is 4.79 Å². The summed E-state index contributed by atoms with van der Waals surface area (Å²) in [5.41, 5.74) is 2.60. The number of para-hydroxylation sites is 1. The smallest absolute Gasteiger partial charge is 0.268 e. The lowest BCUT2D eigenvalue weighted by Crippen LogP contribution is -2.31. The predicted molar refractivity (Wildman–Crippen MR) is 78.4 cm³/mol. The molecule has 0 aromatic heterocycles. The molecule has 1 saturated carbocycles. The first-order chi connectivity index (χ1) is 9.61. The number of nitrogens with one attached hydrogen (secondary N) is 1. The molecule has 1 amide bonds. The van der Waals surface area contributed by atoms with E-state index in [0.717, 1.165) is 24.9 Å². The number of hydrogen-bond acceptors (Lipinski definition) is 4. The molecule has 0 saturated heterocycles. The Morgan fingerprint density at radius 2 is 2.20 bits per heavy atom. The van der Waals surface area contributed by atoms with Crippen LogP contribution in [0.3, 0.4) is 0 Å². The van der Waals surface area contributed by atoms with E-state index in [1.807, 2.05) is 6.07 Å². The van der Waals surface area contributed by atoms with Gasteiger partial charge in [0.25, 0.3) is 5.91 Å². The van der Waals surface area contributed by atoms with Gasteiger partial charge in [-0.3, -0.25) is 10.2 Å². The second-order valence-electron chi connectivity index (χ2n) is 5.55. The fourth-order valence-electron chi connectivity index (χ4n) is 2.31. The van der Waals surface area contributed by atoms with Crippen LogP contribution in [0.1, 0.15) is 23.7 Å². The SMILES string of the molecule is CC1CC1CN(C)CCOc1ccccc1C(=O)NN. The monoisotopic (exact) mass is 277 g/mol. The number of benzene rings is 1. The largest absolute Gasteiger partial charge is 0.491 e. The number of likely N-dealkylation sites (N-methyl/N-ethyl adjacent to an activating group) is 1. The zero-order valence-electron chi connectivity index (χ0n) is 12.1. The summed E-state index contributed by atoms with van der Waals surface area (Å²) >= 11 is 0. The van der Waals surface area contributed by atoms with Crippen molar-refractivity contribution < 1.29 is 9.53 Å². The number of amides is 1. The van der Waals surface area contributed by atoms with Gasteiger partial charge in [0.2, 0.25) is 0 Å². The molecule has 5 nitrogen and oxygen atoms in total. The summed E-state index contributed by atoms with van der Waals surface area (Å²) in [6.45, 7) is 4.82. The Hall–Kier alpha value is -1.59. The van der Waals surface area contributed by atoms with Gasteiger partial charge < -0.3 is 9.64 Å². The van der Waals surface area contributed by atoms with Crippen molar-refractivity contribution >= 4 is 5.91 Å². The third-order valence-electron chi connectivity index (χ3n) is 3.82. The van der Waals surface area contributed by atoms with E-state index in [-0.39, 0.29) is 5.91 Å². The van der Waals surface area contributed by atoms with E-state index in [1.54, 1.807) is 18.2 Å². The molecule has 0 aliphatic heterocycles. The molecule has 20 heavy (non-hydrogen) atoms. The van der Waals surface area contributed by atoms with Gasteiger partial charge in [0.15, 0.2) is 0 Å². The van der Waals surface area contributed by atoms with Crippen LogP contribution in [0.2, 0.25) is 0 Å². The number of hydrazine groups is 1. The molecule has 1 aromatic carbocycles. The van der Waals surface area contributed by atoms with E-state index in [1.165, 1.54) is 6.42 Å². The third-order valence-corrected chi connectivity index (χ3v) is 3.82. The van der Waals surface area contributed by atoms with E-state index in [4.69, 9.17) is 10.6 Å². The van der Waals surface area contributed by atoms with Crippen molar-refractivity contribution in [2.45, 2.75) is 13.3 Å². The summed E-state index contributed by atoms with van der Waals surface area (Å²) in [6, 6.07) is 7.12. The lowest BCUT2D eigenvalue weighted by atomic mass is 10.2. The Kier molecular flexibility index (Phi) is 4.98. The zero-order chi connectivity index (χ0) is 14.5. The van der Waals surface area contributed by atoms with Gasteiger partial charge in [-0.25, -0.2) is 5.84 Å². The minimum absolute atomic E-state index is 0.333. The quantitative estimate of drug-likeness (QED) is 0.447. The Bertz CT molecular complexity index is 464. The first kappa shape index (κ1) is 14.8. The van der Waals surface area contributed by atoms with Crippen molar-refractivity contribution in [3.63, 3.8) is 0 Å². The van der Waals surface area contributed by atoms with E-state index < -0.39 is 0 Å². The average molecular weight is 277 g/mol. The van der Waals surface area contributed by atoms with E-state index in [0.29, 0.717) is 17.9 Å². The molecule has 2 atom stereocenters. The lowest BCUT2D eigenvalue weighted by Gasteiger charge is -2.17. The number of ether oxygens (including phenoxy) is 1. The van der Waals surface area contributed by atoms with Crippen molar-refractivity contribution in [2.24, 2.45) is 17.7 Å². The minimum Gasteiger partial charge on any atom is -0.491 e. The second kappa shape index (κ2) is 6.72. The molecule has 0 bridgehead atoms. The van der Waals surface area contributed by atoms with Crippen molar-refractivity contribution in [3.8, 4) is 5.75 Å². The van der Waals surface area contributed by atoms with Crippen LogP contribution in [-0.2, 0) is 0 Å². The Balaban J connectivity index is 1.80. The molecule has 110 valence electrons. The summed E-state index contributed by atoms with van der Waals surface area (Å²) in [7, 11) is 2.10. The number of carbonyl (C=O) groups is 1. The molecule has 1 fully saturated rings. The van der Waals surface area contributed by atoms with Crippen LogP contribution in [0.25, 0.3) is 0 Å². The van der Waals surface area contributed by atoms with Crippen LogP contribution < -0.4 is 16.0 Å². The number of nitrogens with two attached hydrogens (primary N) is 1. The first-order valence-corrected chi connectivity index (χ1v) is 7.03. The molecule has 2 unspecified atom stereocenters. The molecule has 2 rings (SSSR count). The highest BCUT2D eigenvalue weighted by Crippen LogP contribution is 2.37. The van der Waals surface area contributed by atoms with Gasteiger partial charge in [-0.2, -0.15) is 0 Å². The average Bonchev–Trinajstić information content (AvgIpc) is 3.13. The number of rotatable bonds is 7. The van der Waals surface area contributed by atoms with Crippen molar-refractivity contribution in [1.82, 2.24) is 10.3 Å². The van der Waals surface area contributed by atoms with Crippen molar-refractivity contribution in [1.29, 1.82) is 0 Å². The maximum absolute atomic E-state index is 11.6. The Morgan fingerprint density at radius 3 is 2.85 bits per heavy atom. The van der Waals surface area contributed by atoms with Crippen LogP contribution in [0.15, 0.2) is 24.3 Å². The van der Waals surface area contributed by atoms with Crippen LogP contribution in [-0.4, -0.2) is 37.6 Å². The molecule has 0 radical (unpaired) electrons. The summed E-state index contributed by atoms with van der Waals surface area (Å²) < 4.78 is 5.70. The molecule has 1 aliphatic rings. The summed E-state index contributed by atoms with van der Waals surface area (Å²) in [4.78, 5) is 13.9. The molecule has 0 spiro atoms. The molecule has 1 aliphatic carbocycles.